The van der Waals surface area contributed by atoms with Crippen molar-refractivity contribution in [1.82, 2.24) is 0 Å². The lowest BCUT2D eigenvalue weighted by Gasteiger charge is -0.0786. The zero-order valence-electron chi connectivity index (χ0n) is 0. The Bertz CT molecular complexity index is 18.7. The van der Waals surface area contributed by atoms with Crippen molar-refractivity contribution in [2.75, 3.05) is 0 Å². The van der Waals surface area contributed by atoms with Crippen LogP contribution in [0.2, 0.25) is 0 Å². The molecule has 0 aliphatic rings. The average molecular weight is 201 g/mol. The van der Waals surface area contributed by atoms with E-state index in [4.69, 9.17) is 0 Å². The molecule has 0 aromatic heterocycles. The average Bonchev–Trinajstić information content (AvgIpc) is 0. The summed E-state index contributed by atoms with van der Waals surface area (Å²) in [6.07, 6.45) is 0. The van der Waals surface area contributed by atoms with E-state index in [9.17, 15) is 0 Å². The maximum atomic E-state index is 0. The zero-order chi connectivity index (χ0) is 0. The SMILES string of the molecule is C.C.C.C.C.C.C.C.C.C.C.[2HH].[2HH].[2HH].[2HH].[2HH].[2HH].[2HH].[2HH]. The molecule has 0 rings (SSSR count). The van der Waals surface area contributed by atoms with Crippen LogP contribution in [0.15, 0.2) is 0 Å². The number of hydrogen-bond donors (Lipinski definition) is 0. The maximum absolute atomic E-state index is 0. The largest absolute Gasteiger partial charge is 0.0776 e. The van der Waals surface area contributed by atoms with E-state index in [1.807, 2.05) is 0 Å². The number of hydrogen-bond acceptors (Lipinski definition) is 0. The molecule has 0 aromatic carbocycles. The van der Waals surface area contributed by atoms with Crippen molar-refractivity contribution in [2.45, 2.75) is 81.7 Å². The van der Waals surface area contributed by atoms with Crippen LogP contribution in [-0.4, -0.2) is 0 Å². The molecule has 0 radical (unpaired) electrons. The minimum atomic E-state index is 0. The summed E-state index contributed by atoms with van der Waals surface area (Å²) in [6, 6.07) is 0. The molecule has 0 heteroatoms. The second-order valence-corrected chi connectivity index (χ2v) is 0. The van der Waals surface area contributed by atoms with Gasteiger partial charge < -0.3 is 0 Å². The lowest BCUT2D eigenvalue weighted by atomic mass is 12.0. The summed E-state index contributed by atoms with van der Waals surface area (Å²) in [5, 5.41) is 0. The van der Waals surface area contributed by atoms with Crippen molar-refractivity contribution in [1.29, 1.82) is 0 Å². The van der Waals surface area contributed by atoms with Crippen molar-refractivity contribution in [3.63, 3.8) is 0 Å². The van der Waals surface area contributed by atoms with Gasteiger partial charge in [-0.1, -0.05) is 81.7 Å². The van der Waals surface area contributed by atoms with Crippen molar-refractivity contribution in [3.8, 4) is 0 Å². The highest BCUT2D eigenvalue weighted by molar-refractivity contribution is 2.51. The molecule has 0 N–H and O–H groups in total. The van der Waals surface area contributed by atoms with Gasteiger partial charge >= 0.3 is 0 Å². The highest BCUT2D eigenvalue weighted by Gasteiger charge is -0.0676. The van der Waals surface area contributed by atoms with E-state index < -0.39 is 0 Å². The fourth-order valence-electron chi connectivity index (χ4n) is 0. The molecule has 0 nitrogen and oxygen atoms in total. The van der Waals surface area contributed by atoms with E-state index in [0.717, 1.165) is 0 Å². The minimum absolute atomic E-state index is 0. The first-order valence-electron chi connectivity index (χ1n) is 0. The standard InChI is InChI=1S/11CH4.8H2/h11*1H4;8*1H/i;;;;;;;;;;;8*1+1. The van der Waals surface area contributed by atoms with Gasteiger partial charge in [-0.15, -0.1) is 0 Å². The second-order valence-electron chi connectivity index (χ2n) is 0. The first-order chi connectivity index (χ1) is 0. The van der Waals surface area contributed by atoms with Crippen molar-refractivity contribution >= 4 is 0 Å². The Labute approximate surface area is 94.3 Å². The van der Waals surface area contributed by atoms with Gasteiger partial charge in [-0.3, -0.25) is 0 Å². The van der Waals surface area contributed by atoms with E-state index >= 15 is 0 Å². The maximum Gasteiger partial charge on any atom is 0 e. The Morgan fingerprint density at radius 1 is 0.182 bits per heavy atom. The van der Waals surface area contributed by atoms with Crippen LogP contribution in [0.25, 0.3) is 0 Å². The van der Waals surface area contributed by atoms with Crippen molar-refractivity contribution < 1.29 is 11.4 Å². The normalized spacial score (nSPS) is 0. The van der Waals surface area contributed by atoms with Gasteiger partial charge in [0.1, 0.15) is 0 Å². The molecule has 0 saturated carbocycles. The van der Waals surface area contributed by atoms with Crippen LogP contribution in [0.5, 0.6) is 0 Å². The van der Waals surface area contributed by atoms with E-state index in [-0.39, 0.29) is 93.1 Å². The quantitative estimate of drug-likeness (QED) is 0.366. The summed E-state index contributed by atoms with van der Waals surface area (Å²) < 4.78 is 0. The molecule has 0 heterocycles. The monoisotopic (exact) mass is 201 g/mol. The summed E-state index contributed by atoms with van der Waals surface area (Å²) in [6.45, 7) is 0. The van der Waals surface area contributed by atoms with Gasteiger partial charge in [-0.25, -0.2) is 0 Å². The van der Waals surface area contributed by atoms with Gasteiger partial charge in [-0.2, -0.15) is 0 Å². The molecule has 0 atom stereocenters. The Hall–Kier alpha value is 0. The fourth-order valence-corrected chi connectivity index (χ4v) is 0. The third-order valence-corrected chi connectivity index (χ3v) is 0. The molecule has 0 aliphatic heterocycles. The molecule has 104 valence electrons. The Balaban J connectivity index is 0. The molecule has 0 aliphatic carbocycles. The van der Waals surface area contributed by atoms with Gasteiger partial charge in [0.2, 0.25) is 0 Å². The van der Waals surface area contributed by atoms with Crippen molar-refractivity contribution in [3.05, 3.63) is 0 Å². The summed E-state index contributed by atoms with van der Waals surface area (Å²) >= 11 is 0. The first kappa shape index (κ1) is 0. The third kappa shape index (κ3) is 0. The van der Waals surface area contributed by atoms with Gasteiger partial charge in [0.25, 0.3) is 0 Å². The van der Waals surface area contributed by atoms with Crippen LogP contribution < -0.4 is 0 Å². The summed E-state index contributed by atoms with van der Waals surface area (Å²) in [4.78, 5) is 0. The molecule has 0 bridgehead atoms. The molecule has 0 saturated heterocycles. The van der Waals surface area contributed by atoms with Crippen molar-refractivity contribution in [2.24, 2.45) is 0 Å². The van der Waals surface area contributed by atoms with Crippen LogP contribution in [0.3, 0.4) is 0 Å². The van der Waals surface area contributed by atoms with E-state index in [2.05, 4.69) is 0 Å². The molecule has 0 fully saturated rings. The zero-order valence-corrected chi connectivity index (χ0v) is 0. The topological polar surface area (TPSA) is 0 Å². The molecular weight excluding hydrogens is 132 g/mol. The predicted molar refractivity (Wildman–Crippen MR) is 91.0 cm³/mol. The smallest absolute Gasteiger partial charge is 0 e. The molecular formula is C11H60. The molecule has 0 amide bonds. The van der Waals surface area contributed by atoms with Crippen LogP contribution in [-0.2, 0) is 0 Å². The molecule has 0 unspecified atom stereocenters. The van der Waals surface area contributed by atoms with Gasteiger partial charge in [0, 0.05) is 11.4 Å². The molecule has 0 aromatic rings. The molecule has 0 spiro atoms. The third-order valence-electron chi connectivity index (χ3n) is 0. The summed E-state index contributed by atoms with van der Waals surface area (Å²) in [7, 11) is 0. The number of rotatable bonds is 0. The Morgan fingerprint density at radius 2 is 0.182 bits per heavy atom. The summed E-state index contributed by atoms with van der Waals surface area (Å²) in [5.74, 6) is 0. The van der Waals surface area contributed by atoms with Gasteiger partial charge in [-0.05, 0) is 0 Å². The Kier molecular flexibility index (Phi) is 0. The lowest BCUT2D eigenvalue weighted by Crippen LogP contribution is 0.143. The Morgan fingerprint density at radius 3 is 0.182 bits per heavy atom. The first-order valence-corrected chi connectivity index (χ1v) is 0. The van der Waals surface area contributed by atoms with E-state index in [1.54, 1.807) is 0 Å². The highest BCUT2D eigenvalue weighted by Crippen LogP contribution is 0.154. The predicted octanol–water partition coefficient (Wildman–Crippen LogP) is 8.97. The van der Waals surface area contributed by atoms with Gasteiger partial charge in [0.15, 0.2) is 0 Å². The van der Waals surface area contributed by atoms with E-state index in [0.29, 0.717) is 0 Å². The second kappa shape index (κ2) is 0. The lowest BCUT2D eigenvalue weighted by molar-refractivity contribution is 2.50. The fraction of sp³-hybridized carbons (Fsp3) is 1.00. The minimum Gasteiger partial charge on any atom is -0.0776 e. The van der Waals surface area contributed by atoms with Gasteiger partial charge in [0.05, 0.1) is 0 Å². The van der Waals surface area contributed by atoms with Crippen LogP contribution in [0, 0.1) is 0 Å². The van der Waals surface area contributed by atoms with Crippen LogP contribution >= 0.6 is 0 Å². The van der Waals surface area contributed by atoms with Crippen LogP contribution in [0.4, 0.5) is 0 Å². The summed E-state index contributed by atoms with van der Waals surface area (Å²) in [5.41, 5.74) is 0. The highest BCUT2D eigenvalue weighted by atomic mass is 12.0. The van der Waals surface area contributed by atoms with E-state index in [1.165, 1.54) is 0 Å². The van der Waals surface area contributed by atoms with Crippen LogP contribution in [0.1, 0.15) is 93.1 Å². The molecule has 11 heavy (non-hydrogen) atoms.